The van der Waals surface area contributed by atoms with Crippen LogP contribution in [-0.2, 0) is 6.54 Å². The van der Waals surface area contributed by atoms with E-state index in [2.05, 4.69) is 21.2 Å². The monoisotopic (exact) mass is 304 g/mol. The highest BCUT2D eigenvalue weighted by molar-refractivity contribution is 9.10. The zero-order chi connectivity index (χ0) is 13.0. The minimum Gasteiger partial charge on any atom is -0.381 e. The van der Waals surface area contributed by atoms with Crippen LogP contribution in [0.4, 0.5) is 10.1 Å². The number of nitriles is 1. The maximum absolute atomic E-state index is 13.8. The lowest BCUT2D eigenvalue weighted by atomic mass is 10.1. The molecule has 2 aromatic carbocycles. The van der Waals surface area contributed by atoms with E-state index in [1.54, 1.807) is 12.1 Å². The fourth-order valence-electron chi connectivity index (χ4n) is 1.57. The number of hydrogen-bond donors (Lipinski definition) is 1. The van der Waals surface area contributed by atoms with Crippen molar-refractivity contribution in [3.8, 4) is 6.07 Å². The van der Waals surface area contributed by atoms with Crippen LogP contribution in [0.25, 0.3) is 0 Å². The number of benzene rings is 2. The van der Waals surface area contributed by atoms with E-state index in [-0.39, 0.29) is 5.56 Å². The molecule has 2 aromatic rings. The molecule has 0 saturated carbocycles. The maximum Gasteiger partial charge on any atom is 0.145 e. The average molecular weight is 305 g/mol. The summed E-state index contributed by atoms with van der Waals surface area (Å²) in [5.74, 6) is -0.454. The minimum absolute atomic E-state index is 0.0742. The van der Waals surface area contributed by atoms with E-state index in [4.69, 9.17) is 5.26 Å². The lowest BCUT2D eigenvalue weighted by Crippen LogP contribution is -2.02. The zero-order valence-corrected chi connectivity index (χ0v) is 11.0. The predicted octanol–water partition coefficient (Wildman–Crippen LogP) is 4.07. The maximum atomic E-state index is 13.8. The summed E-state index contributed by atoms with van der Waals surface area (Å²) in [5, 5.41) is 11.9. The van der Waals surface area contributed by atoms with Crippen molar-refractivity contribution in [1.29, 1.82) is 5.26 Å². The van der Waals surface area contributed by atoms with Gasteiger partial charge >= 0.3 is 0 Å². The van der Waals surface area contributed by atoms with Gasteiger partial charge in [0.25, 0.3) is 0 Å². The van der Waals surface area contributed by atoms with Gasteiger partial charge in [0, 0.05) is 22.3 Å². The fourth-order valence-corrected chi connectivity index (χ4v) is 1.83. The molecule has 1 N–H and O–H groups in total. The van der Waals surface area contributed by atoms with Crippen molar-refractivity contribution < 1.29 is 4.39 Å². The standard InChI is InChI=1S/C14H10BrFN2/c15-12-4-6-13(7-5-12)18-9-11-3-1-2-10(8-17)14(11)16/h1-7,18H,9H2. The first-order valence-electron chi connectivity index (χ1n) is 5.37. The zero-order valence-electron chi connectivity index (χ0n) is 9.45. The van der Waals surface area contributed by atoms with Gasteiger partial charge < -0.3 is 5.32 Å². The Hall–Kier alpha value is -1.86. The van der Waals surface area contributed by atoms with E-state index in [9.17, 15) is 4.39 Å². The SMILES string of the molecule is N#Cc1cccc(CNc2ccc(Br)cc2)c1F. The first kappa shape index (κ1) is 12.6. The van der Waals surface area contributed by atoms with Crippen LogP contribution in [0.15, 0.2) is 46.9 Å². The Kier molecular flexibility index (Phi) is 3.96. The van der Waals surface area contributed by atoms with E-state index in [0.717, 1.165) is 10.2 Å². The Morgan fingerprint density at radius 1 is 1.17 bits per heavy atom. The number of nitrogens with zero attached hydrogens (tertiary/aromatic N) is 1. The van der Waals surface area contributed by atoms with Crippen molar-refractivity contribution >= 4 is 21.6 Å². The minimum atomic E-state index is -0.454. The lowest BCUT2D eigenvalue weighted by Gasteiger charge is -2.08. The molecule has 0 aromatic heterocycles. The summed E-state index contributed by atoms with van der Waals surface area (Å²) >= 11 is 3.35. The van der Waals surface area contributed by atoms with Crippen LogP contribution in [0, 0.1) is 17.1 Å². The third-order valence-electron chi connectivity index (χ3n) is 2.53. The van der Waals surface area contributed by atoms with Gasteiger partial charge in [0.05, 0.1) is 5.56 Å². The Morgan fingerprint density at radius 3 is 2.56 bits per heavy atom. The molecular formula is C14H10BrFN2. The Bertz CT molecular complexity index is 588. The van der Waals surface area contributed by atoms with Crippen LogP contribution in [0.5, 0.6) is 0 Å². The molecule has 2 rings (SSSR count). The second kappa shape index (κ2) is 5.65. The van der Waals surface area contributed by atoms with E-state index in [1.807, 2.05) is 30.3 Å². The van der Waals surface area contributed by atoms with Crippen LogP contribution in [0.1, 0.15) is 11.1 Å². The molecule has 0 aliphatic carbocycles. The Morgan fingerprint density at radius 2 is 1.89 bits per heavy atom. The molecule has 0 bridgehead atoms. The molecular weight excluding hydrogens is 295 g/mol. The smallest absolute Gasteiger partial charge is 0.145 e. The normalized spacial score (nSPS) is 9.83. The third-order valence-corrected chi connectivity index (χ3v) is 3.05. The van der Waals surface area contributed by atoms with E-state index in [0.29, 0.717) is 12.1 Å². The summed E-state index contributed by atoms with van der Waals surface area (Å²) < 4.78 is 14.8. The summed E-state index contributed by atoms with van der Waals surface area (Å²) in [4.78, 5) is 0. The molecule has 0 aliphatic rings. The second-order valence-electron chi connectivity index (χ2n) is 3.75. The highest BCUT2D eigenvalue weighted by Gasteiger charge is 2.06. The summed E-state index contributed by atoms with van der Waals surface area (Å²) in [6.07, 6.45) is 0. The number of hydrogen-bond acceptors (Lipinski definition) is 2. The van der Waals surface area contributed by atoms with Gasteiger partial charge in [-0.3, -0.25) is 0 Å². The number of halogens is 2. The number of anilines is 1. The predicted molar refractivity (Wildman–Crippen MR) is 72.6 cm³/mol. The molecule has 4 heteroatoms. The van der Waals surface area contributed by atoms with Crippen molar-refractivity contribution in [2.24, 2.45) is 0 Å². The van der Waals surface area contributed by atoms with Crippen molar-refractivity contribution in [2.75, 3.05) is 5.32 Å². The van der Waals surface area contributed by atoms with E-state index in [1.165, 1.54) is 6.07 Å². The van der Waals surface area contributed by atoms with Crippen molar-refractivity contribution in [2.45, 2.75) is 6.54 Å². The van der Waals surface area contributed by atoms with Crippen LogP contribution in [-0.4, -0.2) is 0 Å². The average Bonchev–Trinajstić information content (AvgIpc) is 2.39. The number of rotatable bonds is 3. The van der Waals surface area contributed by atoms with Crippen LogP contribution in [0.3, 0.4) is 0 Å². The highest BCUT2D eigenvalue weighted by Crippen LogP contribution is 2.17. The fraction of sp³-hybridized carbons (Fsp3) is 0.0714. The van der Waals surface area contributed by atoms with Gasteiger partial charge in [-0.05, 0) is 30.3 Å². The molecule has 0 heterocycles. The lowest BCUT2D eigenvalue weighted by molar-refractivity contribution is 0.609. The summed E-state index contributed by atoms with van der Waals surface area (Å²) in [6.45, 7) is 0.350. The highest BCUT2D eigenvalue weighted by atomic mass is 79.9. The Labute approximate surface area is 113 Å². The first-order chi connectivity index (χ1) is 8.70. The first-order valence-corrected chi connectivity index (χ1v) is 6.17. The molecule has 0 unspecified atom stereocenters. The van der Waals surface area contributed by atoms with Gasteiger partial charge in [0.15, 0.2) is 0 Å². The van der Waals surface area contributed by atoms with Gasteiger partial charge in [0.1, 0.15) is 11.9 Å². The third kappa shape index (κ3) is 2.88. The summed E-state index contributed by atoms with van der Waals surface area (Å²) in [7, 11) is 0. The van der Waals surface area contributed by atoms with Gasteiger partial charge in [-0.15, -0.1) is 0 Å². The molecule has 0 radical (unpaired) electrons. The molecule has 0 saturated heterocycles. The second-order valence-corrected chi connectivity index (χ2v) is 4.67. The van der Waals surface area contributed by atoms with Crippen LogP contribution >= 0.6 is 15.9 Å². The molecule has 90 valence electrons. The van der Waals surface area contributed by atoms with Gasteiger partial charge in [-0.25, -0.2) is 4.39 Å². The topological polar surface area (TPSA) is 35.8 Å². The van der Waals surface area contributed by atoms with Crippen molar-refractivity contribution in [3.05, 3.63) is 63.9 Å². The van der Waals surface area contributed by atoms with Crippen LogP contribution in [0.2, 0.25) is 0 Å². The summed E-state index contributed by atoms with van der Waals surface area (Å²) in [5.41, 5.74) is 1.46. The van der Waals surface area contributed by atoms with E-state index >= 15 is 0 Å². The molecule has 0 fully saturated rings. The van der Waals surface area contributed by atoms with Gasteiger partial charge in [-0.1, -0.05) is 28.1 Å². The molecule has 0 atom stereocenters. The molecule has 0 aliphatic heterocycles. The largest absolute Gasteiger partial charge is 0.381 e. The Balaban J connectivity index is 2.11. The molecule has 0 amide bonds. The molecule has 0 spiro atoms. The quantitative estimate of drug-likeness (QED) is 0.927. The van der Waals surface area contributed by atoms with Crippen LogP contribution < -0.4 is 5.32 Å². The molecule has 2 nitrogen and oxygen atoms in total. The van der Waals surface area contributed by atoms with Gasteiger partial charge in [-0.2, -0.15) is 5.26 Å². The van der Waals surface area contributed by atoms with Crippen molar-refractivity contribution in [3.63, 3.8) is 0 Å². The van der Waals surface area contributed by atoms with Crippen molar-refractivity contribution in [1.82, 2.24) is 0 Å². The summed E-state index contributed by atoms with van der Waals surface area (Å²) in [6, 6.07) is 14.3. The number of nitrogens with one attached hydrogen (secondary N) is 1. The molecule has 18 heavy (non-hydrogen) atoms. The van der Waals surface area contributed by atoms with E-state index < -0.39 is 5.82 Å². The van der Waals surface area contributed by atoms with Gasteiger partial charge in [0.2, 0.25) is 0 Å².